The summed E-state index contributed by atoms with van der Waals surface area (Å²) in [5.41, 5.74) is 3.52. The number of hydrogen-bond acceptors (Lipinski definition) is 2. The van der Waals surface area contributed by atoms with Gasteiger partial charge in [-0.3, -0.25) is 4.79 Å². The van der Waals surface area contributed by atoms with Crippen molar-refractivity contribution in [3.63, 3.8) is 0 Å². The molecular weight excluding hydrogens is 384 g/mol. The van der Waals surface area contributed by atoms with Crippen LogP contribution in [0.2, 0.25) is 0 Å². The third kappa shape index (κ3) is 3.04. The number of aromatic amines is 2. The number of esters is 1. The zero-order valence-corrected chi connectivity index (χ0v) is 17.1. The van der Waals surface area contributed by atoms with Crippen LogP contribution in [0.25, 0.3) is 27.9 Å². The molecule has 0 spiro atoms. The van der Waals surface area contributed by atoms with Crippen molar-refractivity contribution in [3.05, 3.63) is 114 Å². The molecule has 2 aromatic heterocycles. The maximum Gasteiger partial charge on any atom is 0.324 e. The summed E-state index contributed by atoms with van der Waals surface area (Å²) in [5.74, 6) is -0.339. The Hall–Kier alpha value is -4.05. The summed E-state index contributed by atoms with van der Waals surface area (Å²) in [7, 11) is 1.44. The summed E-state index contributed by atoms with van der Waals surface area (Å²) >= 11 is 0. The summed E-state index contributed by atoms with van der Waals surface area (Å²) in [6, 6.07) is 26.0. The van der Waals surface area contributed by atoms with Gasteiger partial charge in [0.05, 0.1) is 7.11 Å². The van der Waals surface area contributed by atoms with Gasteiger partial charge in [-0.15, -0.1) is 0 Å². The van der Waals surface area contributed by atoms with E-state index < -0.39 is 5.41 Å². The molecule has 0 aliphatic rings. The van der Waals surface area contributed by atoms with Gasteiger partial charge in [-0.2, -0.15) is 0 Å². The van der Waals surface area contributed by atoms with Crippen LogP contribution in [-0.2, 0) is 14.9 Å². The Morgan fingerprint density at radius 2 is 1.29 bits per heavy atom. The van der Waals surface area contributed by atoms with Crippen LogP contribution in [-0.4, -0.2) is 23.0 Å². The number of benzene rings is 3. The SMILES string of the molecule is COC(=O)C(/C=C/c1ccccc1)(c1c[nH]c2ccccc12)c1c[nH]c2ccccc12. The lowest BCUT2D eigenvalue weighted by Crippen LogP contribution is -2.36. The van der Waals surface area contributed by atoms with Gasteiger partial charge in [-0.05, 0) is 17.7 Å². The molecule has 0 fully saturated rings. The van der Waals surface area contributed by atoms with Gasteiger partial charge in [0.15, 0.2) is 0 Å². The molecule has 4 nitrogen and oxygen atoms in total. The fraction of sp³-hybridized carbons (Fsp3) is 0.0741. The maximum atomic E-state index is 13.6. The summed E-state index contributed by atoms with van der Waals surface area (Å²) in [6.45, 7) is 0. The minimum atomic E-state index is -1.14. The highest BCUT2D eigenvalue weighted by atomic mass is 16.5. The molecule has 2 heterocycles. The first kappa shape index (κ1) is 18.9. The second-order valence-electron chi connectivity index (χ2n) is 7.54. The van der Waals surface area contributed by atoms with Gasteiger partial charge in [0.25, 0.3) is 0 Å². The van der Waals surface area contributed by atoms with Gasteiger partial charge in [0.2, 0.25) is 0 Å². The van der Waals surface area contributed by atoms with Crippen LogP contribution < -0.4 is 0 Å². The van der Waals surface area contributed by atoms with Crippen molar-refractivity contribution in [1.82, 2.24) is 9.97 Å². The molecule has 0 amide bonds. The van der Waals surface area contributed by atoms with Crippen molar-refractivity contribution in [1.29, 1.82) is 0 Å². The monoisotopic (exact) mass is 406 g/mol. The zero-order chi connectivity index (χ0) is 21.3. The average molecular weight is 406 g/mol. The summed E-state index contributed by atoms with van der Waals surface area (Å²) < 4.78 is 5.43. The van der Waals surface area contributed by atoms with Crippen molar-refractivity contribution >= 4 is 33.9 Å². The molecular formula is C27H22N2O2. The smallest absolute Gasteiger partial charge is 0.324 e. The van der Waals surface area contributed by atoms with E-state index in [0.29, 0.717) is 0 Å². The Morgan fingerprint density at radius 3 is 1.84 bits per heavy atom. The second kappa shape index (κ2) is 7.65. The van der Waals surface area contributed by atoms with Crippen LogP contribution in [0.4, 0.5) is 0 Å². The number of ether oxygens (including phenoxy) is 1. The maximum absolute atomic E-state index is 13.6. The lowest BCUT2D eigenvalue weighted by atomic mass is 9.73. The molecule has 0 bridgehead atoms. The number of para-hydroxylation sites is 2. The molecule has 4 heteroatoms. The van der Waals surface area contributed by atoms with Crippen molar-refractivity contribution in [3.8, 4) is 0 Å². The molecule has 0 radical (unpaired) electrons. The van der Waals surface area contributed by atoms with Crippen LogP contribution in [0, 0.1) is 0 Å². The molecule has 0 saturated carbocycles. The molecule has 0 unspecified atom stereocenters. The Morgan fingerprint density at radius 1 is 0.774 bits per heavy atom. The van der Waals surface area contributed by atoms with Crippen LogP contribution in [0.3, 0.4) is 0 Å². The van der Waals surface area contributed by atoms with Crippen molar-refractivity contribution in [2.75, 3.05) is 7.11 Å². The van der Waals surface area contributed by atoms with E-state index in [1.54, 1.807) is 0 Å². The van der Waals surface area contributed by atoms with Crippen molar-refractivity contribution in [2.45, 2.75) is 5.41 Å². The van der Waals surface area contributed by atoms with Crippen molar-refractivity contribution in [2.24, 2.45) is 0 Å². The second-order valence-corrected chi connectivity index (χ2v) is 7.54. The number of aromatic nitrogens is 2. The summed E-state index contributed by atoms with van der Waals surface area (Å²) in [6.07, 6.45) is 7.78. The Kier molecular flexibility index (Phi) is 4.68. The molecule has 2 N–H and O–H groups in total. The first-order valence-corrected chi connectivity index (χ1v) is 10.2. The van der Waals surface area contributed by atoms with Gasteiger partial charge in [-0.1, -0.05) is 78.9 Å². The molecule has 31 heavy (non-hydrogen) atoms. The molecule has 0 aliphatic heterocycles. The lowest BCUT2D eigenvalue weighted by Gasteiger charge is -2.28. The minimum Gasteiger partial charge on any atom is -0.468 e. The average Bonchev–Trinajstić information content (AvgIpc) is 3.46. The van der Waals surface area contributed by atoms with E-state index in [2.05, 4.69) is 9.97 Å². The van der Waals surface area contributed by atoms with Crippen LogP contribution in [0.15, 0.2) is 97.3 Å². The van der Waals surface area contributed by atoms with E-state index in [4.69, 9.17) is 4.74 Å². The van der Waals surface area contributed by atoms with Gasteiger partial charge in [-0.25, -0.2) is 0 Å². The number of carbonyl (C=O) groups is 1. The third-order valence-corrected chi connectivity index (χ3v) is 5.86. The van der Waals surface area contributed by atoms with Gasteiger partial charge in [0.1, 0.15) is 5.41 Å². The van der Waals surface area contributed by atoms with Gasteiger partial charge >= 0.3 is 5.97 Å². The lowest BCUT2D eigenvalue weighted by molar-refractivity contribution is -0.144. The highest BCUT2D eigenvalue weighted by molar-refractivity contribution is 6.02. The largest absolute Gasteiger partial charge is 0.468 e. The topological polar surface area (TPSA) is 57.9 Å². The fourth-order valence-electron chi connectivity index (χ4n) is 4.35. The van der Waals surface area contributed by atoms with E-state index in [1.807, 2.05) is 103 Å². The molecule has 5 aromatic rings. The normalized spacial score (nSPS) is 12.0. The number of nitrogens with one attached hydrogen (secondary N) is 2. The number of methoxy groups -OCH3 is 1. The summed E-state index contributed by atoms with van der Waals surface area (Å²) in [4.78, 5) is 20.3. The number of H-pyrrole nitrogens is 2. The van der Waals surface area contributed by atoms with E-state index in [9.17, 15) is 4.79 Å². The number of hydrogen-bond donors (Lipinski definition) is 2. The highest BCUT2D eigenvalue weighted by Gasteiger charge is 2.44. The van der Waals surface area contributed by atoms with E-state index in [1.165, 1.54) is 7.11 Å². The van der Waals surface area contributed by atoms with Crippen molar-refractivity contribution < 1.29 is 9.53 Å². The van der Waals surface area contributed by atoms with Crippen LogP contribution in [0.1, 0.15) is 16.7 Å². The fourth-order valence-corrected chi connectivity index (χ4v) is 4.35. The number of fused-ring (bicyclic) bond motifs is 2. The highest BCUT2D eigenvalue weighted by Crippen LogP contribution is 2.42. The van der Waals surface area contributed by atoms with E-state index >= 15 is 0 Å². The Balaban J connectivity index is 1.86. The van der Waals surface area contributed by atoms with Crippen LogP contribution in [0.5, 0.6) is 0 Å². The van der Waals surface area contributed by atoms with Gasteiger partial charge < -0.3 is 14.7 Å². The van der Waals surface area contributed by atoms with Crippen LogP contribution >= 0.6 is 0 Å². The molecule has 0 aliphatic carbocycles. The first-order chi connectivity index (χ1) is 15.2. The first-order valence-electron chi connectivity index (χ1n) is 10.2. The molecule has 5 rings (SSSR count). The zero-order valence-electron chi connectivity index (χ0n) is 17.1. The Labute approximate surface area is 180 Å². The number of rotatable bonds is 5. The molecule has 3 aromatic carbocycles. The Bertz CT molecular complexity index is 1320. The third-order valence-electron chi connectivity index (χ3n) is 5.86. The van der Waals surface area contributed by atoms with E-state index in [0.717, 1.165) is 38.5 Å². The standard InChI is InChI=1S/C27H22N2O2/c1-31-26(30)27(16-15-19-9-3-2-4-10-19,22-17-28-24-13-7-5-11-20(22)24)23-18-29-25-14-8-6-12-21(23)25/h2-18,28-29H,1H3/b16-15+. The predicted molar refractivity (Wildman–Crippen MR) is 125 cm³/mol. The minimum absolute atomic E-state index is 0.339. The number of carbonyl (C=O) groups excluding carboxylic acids is 1. The molecule has 152 valence electrons. The quantitative estimate of drug-likeness (QED) is 0.361. The predicted octanol–water partition coefficient (Wildman–Crippen LogP) is 5.82. The molecule has 0 saturated heterocycles. The summed E-state index contributed by atoms with van der Waals surface area (Å²) in [5, 5.41) is 1.96. The molecule has 0 atom stereocenters. The van der Waals surface area contributed by atoms with Gasteiger partial charge in [0, 0.05) is 45.3 Å². The van der Waals surface area contributed by atoms with E-state index in [-0.39, 0.29) is 5.97 Å².